The van der Waals surface area contributed by atoms with E-state index in [1.165, 1.54) is 0 Å². The first-order valence-electron chi connectivity index (χ1n) is 6.51. The Labute approximate surface area is 120 Å². The van der Waals surface area contributed by atoms with Crippen molar-refractivity contribution in [3.63, 3.8) is 0 Å². The molecular formula is C14H14ClNO4. The highest BCUT2D eigenvalue weighted by atomic mass is 35.5. The lowest BCUT2D eigenvalue weighted by Crippen LogP contribution is -2.40. The Balaban J connectivity index is 1.78. The Hall–Kier alpha value is -1.59. The SMILES string of the molecule is O=C(O)[C@@H]1[C@H](C(=O)Nc2cccc(Cl)c2)[C@@H]2CC[C@@H]1O2. The smallest absolute Gasteiger partial charge is 0.310 e. The van der Waals surface area contributed by atoms with Gasteiger partial charge in [-0.05, 0) is 31.0 Å². The van der Waals surface area contributed by atoms with Gasteiger partial charge in [-0.1, -0.05) is 17.7 Å². The lowest BCUT2D eigenvalue weighted by atomic mass is 9.78. The lowest BCUT2D eigenvalue weighted by Gasteiger charge is -2.23. The average Bonchev–Trinajstić information content (AvgIpc) is 2.98. The van der Waals surface area contributed by atoms with Gasteiger partial charge in [0.2, 0.25) is 5.91 Å². The molecule has 4 atom stereocenters. The van der Waals surface area contributed by atoms with Crippen molar-refractivity contribution in [3.05, 3.63) is 29.3 Å². The molecule has 1 aromatic carbocycles. The van der Waals surface area contributed by atoms with Gasteiger partial charge >= 0.3 is 5.97 Å². The summed E-state index contributed by atoms with van der Waals surface area (Å²) in [5.41, 5.74) is 0.564. The number of halogens is 1. The molecule has 0 spiro atoms. The van der Waals surface area contributed by atoms with Crippen LogP contribution in [-0.4, -0.2) is 29.2 Å². The second-order valence-electron chi connectivity index (χ2n) is 5.18. The maximum Gasteiger partial charge on any atom is 0.310 e. The summed E-state index contributed by atoms with van der Waals surface area (Å²) < 4.78 is 5.57. The van der Waals surface area contributed by atoms with Gasteiger partial charge in [0.25, 0.3) is 0 Å². The van der Waals surface area contributed by atoms with Crippen molar-refractivity contribution in [2.24, 2.45) is 11.8 Å². The molecular weight excluding hydrogens is 282 g/mol. The summed E-state index contributed by atoms with van der Waals surface area (Å²) in [7, 11) is 0. The third-order valence-electron chi connectivity index (χ3n) is 3.95. The van der Waals surface area contributed by atoms with Crippen molar-refractivity contribution in [1.82, 2.24) is 0 Å². The van der Waals surface area contributed by atoms with E-state index >= 15 is 0 Å². The molecule has 5 nitrogen and oxygen atoms in total. The molecule has 1 amide bonds. The topological polar surface area (TPSA) is 75.6 Å². The van der Waals surface area contributed by atoms with Crippen LogP contribution in [0.5, 0.6) is 0 Å². The Morgan fingerprint density at radius 2 is 1.95 bits per heavy atom. The van der Waals surface area contributed by atoms with Crippen LogP contribution in [0.4, 0.5) is 5.69 Å². The first-order valence-corrected chi connectivity index (χ1v) is 6.89. The molecule has 2 fully saturated rings. The standard InChI is InChI=1S/C14H14ClNO4/c15-7-2-1-3-8(6-7)16-13(17)11-9-4-5-10(20-9)12(11)14(18)19/h1-3,6,9-12H,4-5H2,(H,16,17)(H,18,19)/t9-,10-,11+,12-/m0/s1. The first-order chi connectivity index (χ1) is 9.56. The monoisotopic (exact) mass is 295 g/mol. The number of carboxylic acid groups (broad SMARTS) is 1. The molecule has 1 aromatic rings. The minimum absolute atomic E-state index is 0.291. The summed E-state index contributed by atoms with van der Waals surface area (Å²) >= 11 is 5.86. The van der Waals surface area contributed by atoms with Gasteiger partial charge in [-0.2, -0.15) is 0 Å². The van der Waals surface area contributed by atoms with Crippen LogP contribution in [0.3, 0.4) is 0 Å². The number of amides is 1. The van der Waals surface area contributed by atoms with Gasteiger partial charge in [0.15, 0.2) is 0 Å². The van der Waals surface area contributed by atoms with Gasteiger partial charge in [0, 0.05) is 10.7 Å². The molecule has 2 N–H and O–H groups in total. The van der Waals surface area contributed by atoms with Gasteiger partial charge in [0.1, 0.15) is 0 Å². The number of hydrogen-bond acceptors (Lipinski definition) is 3. The highest BCUT2D eigenvalue weighted by molar-refractivity contribution is 6.30. The van der Waals surface area contributed by atoms with Gasteiger partial charge in [-0.3, -0.25) is 9.59 Å². The number of hydrogen-bond donors (Lipinski definition) is 2. The molecule has 2 saturated heterocycles. The van der Waals surface area contributed by atoms with E-state index in [1.807, 2.05) is 0 Å². The summed E-state index contributed by atoms with van der Waals surface area (Å²) in [5, 5.41) is 12.5. The first kappa shape index (κ1) is 13.4. The molecule has 0 aliphatic carbocycles. The van der Waals surface area contributed by atoms with Crippen molar-refractivity contribution in [2.75, 3.05) is 5.32 Å². The molecule has 0 saturated carbocycles. The number of carboxylic acids is 1. The Morgan fingerprint density at radius 1 is 1.25 bits per heavy atom. The number of rotatable bonds is 3. The van der Waals surface area contributed by atoms with Crippen LogP contribution in [0.25, 0.3) is 0 Å². The number of benzene rings is 1. The van der Waals surface area contributed by atoms with E-state index < -0.39 is 17.8 Å². The summed E-state index contributed by atoms with van der Waals surface area (Å²) in [5.74, 6) is -2.67. The predicted octanol–water partition coefficient (Wildman–Crippen LogP) is 2.16. The zero-order valence-corrected chi connectivity index (χ0v) is 11.3. The van der Waals surface area contributed by atoms with E-state index in [1.54, 1.807) is 24.3 Å². The van der Waals surface area contributed by atoms with Crippen LogP contribution in [-0.2, 0) is 14.3 Å². The Kier molecular flexibility index (Phi) is 3.40. The molecule has 2 aliphatic heterocycles. The van der Waals surface area contributed by atoms with Crippen LogP contribution >= 0.6 is 11.6 Å². The molecule has 0 unspecified atom stereocenters. The van der Waals surface area contributed by atoms with Gasteiger partial charge in [-0.15, -0.1) is 0 Å². The molecule has 0 aromatic heterocycles. The molecule has 2 aliphatic rings. The normalized spacial score (nSPS) is 31.2. The van der Waals surface area contributed by atoms with Crippen LogP contribution < -0.4 is 5.32 Å². The number of ether oxygens (including phenoxy) is 1. The zero-order valence-electron chi connectivity index (χ0n) is 10.6. The third kappa shape index (κ3) is 2.27. The number of carbonyl (C=O) groups is 2. The molecule has 0 radical (unpaired) electrons. The molecule has 2 heterocycles. The van der Waals surface area contributed by atoms with Gasteiger partial charge < -0.3 is 15.2 Å². The lowest BCUT2D eigenvalue weighted by molar-refractivity contribution is -0.147. The molecule has 6 heteroatoms. The quantitative estimate of drug-likeness (QED) is 0.896. The van der Waals surface area contributed by atoms with Crippen molar-refractivity contribution in [1.29, 1.82) is 0 Å². The summed E-state index contributed by atoms with van der Waals surface area (Å²) in [6.45, 7) is 0. The fourth-order valence-corrected chi connectivity index (χ4v) is 3.31. The maximum absolute atomic E-state index is 12.3. The highest BCUT2D eigenvalue weighted by Crippen LogP contribution is 2.44. The highest BCUT2D eigenvalue weighted by Gasteiger charge is 2.55. The Morgan fingerprint density at radius 3 is 2.60 bits per heavy atom. The van der Waals surface area contributed by atoms with Crippen molar-refractivity contribution in [2.45, 2.75) is 25.0 Å². The summed E-state index contributed by atoms with van der Waals surface area (Å²) in [6.07, 6.45) is 0.817. The zero-order chi connectivity index (χ0) is 14.3. The fourth-order valence-electron chi connectivity index (χ4n) is 3.12. The second kappa shape index (κ2) is 5.07. The largest absolute Gasteiger partial charge is 0.481 e. The van der Waals surface area contributed by atoms with Gasteiger partial charge in [0.05, 0.1) is 24.0 Å². The van der Waals surface area contributed by atoms with Crippen LogP contribution in [0, 0.1) is 11.8 Å². The minimum atomic E-state index is -0.969. The third-order valence-corrected chi connectivity index (χ3v) is 4.19. The predicted molar refractivity (Wildman–Crippen MR) is 72.6 cm³/mol. The molecule has 3 rings (SSSR count). The minimum Gasteiger partial charge on any atom is -0.481 e. The van der Waals surface area contributed by atoms with E-state index in [9.17, 15) is 14.7 Å². The van der Waals surface area contributed by atoms with E-state index in [2.05, 4.69) is 5.32 Å². The fraction of sp³-hybridized carbons (Fsp3) is 0.429. The van der Waals surface area contributed by atoms with E-state index in [0.717, 1.165) is 6.42 Å². The second-order valence-corrected chi connectivity index (χ2v) is 5.62. The van der Waals surface area contributed by atoms with Crippen molar-refractivity contribution >= 4 is 29.2 Å². The number of anilines is 1. The van der Waals surface area contributed by atoms with Crippen LogP contribution in [0.2, 0.25) is 5.02 Å². The average molecular weight is 296 g/mol. The van der Waals surface area contributed by atoms with Crippen LogP contribution in [0.15, 0.2) is 24.3 Å². The van der Waals surface area contributed by atoms with Crippen molar-refractivity contribution < 1.29 is 19.4 Å². The number of aliphatic carboxylic acids is 1. The summed E-state index contributed by atoms with van der Waals surface area (Å²) in [4.78, 5) is 23.7. The van der Waals surface area contributed by atoms with Gasteiger partial charge in [-0.25, -0.2) is 0 Å². The van der Waals surface area contributed by atoms with E-state index in [4.69, 9.17) is 16.3 Å². The number of nitrogens with one attached hydrogen (secondary N) is 1. The molecule has 2 bridgehead atoms. The summed E-state index contributed by atoms with van der Waals surface area (Å²) in [6, 6.07) is 6.78. The van der Waals surface area contributed by atoms with Crippen molar-refractivity contribution in [3.8, 4) is 0 Å². The number of fused-ring (bicyclic) bond motifs is 2. The Bertz CT molecular complexity index is 562. The number of carbonyl (C=O) groups excluding carboxylic acids is 1. The van der Waals surface area contributed by atoms with E-state index in [0.29, 0.717) is 17.1 Å². The molecule has 20 heavy (non-hydrogen) atoms. The maximum atomic E-state index is 12.3. The molecule has 106 valence electrons. The van der Waals surface area contributed by atoms with E-state index in [-0.39, 0.29) is 18.1 Å². The van der Waals surface area contributed by atoms with Crippen LogP contribution in [0.1, 0.15) is 12.8 Å².